The Bertz CT molecular complexity index is 1450. The van der Waals surface area contributed by atoms with Gasteiger partial charge in [-0.3, -0.25) is 19.7 Å². The van der Waals surface area contributed by atoms with Crippen LogP contribution in [0.15, 0.2) is 70.3 Å². The van der Waals surface area contributed by atoms with Crippen molar-refractivity contribution in [1.82, 2.24) is 14.8 Å². The van der Waals surface area contributed by atoms with Crippen molar-refractivity contribution >= 4 is 29.3 Å². The number of pyridine rings is 1. The lowest BCUT2D eigenvalue weighted by molar-refractivity contribution is -0.138. The summed E-state index contributed by atoms with van der Waals surface area (Å²) in [6.07, 6.45) is -3.21. The van der Waals surface area contributed by atoms with E-state index in [1.54, 1.807) is 24.0 Å². The summed E-state index contributed by atoms with van der Waals surface area (Å²) in [5.41, 5.74) is -1.49. The Morgan fingerprint density at radius 3 is 2.33 bits per heavy atom. The first-order valence-electron chi connectivity index (χ1n) is 13.3. The molecule has 2 aliphatic heterocycles. The third kappa shape index (κ3) is 6.40. The van der Waals surface area contributed by atoms with E-state index in [1.165, 1.54) is 24.4 Å². The molecule has 2 aromatic rings. The van der Waals surface area contributed by atoms with Crippen LogP contribution in [0.4, 0.5) is 32.0 Å². The van der Waals surface area contributed by atoms with Crippen LogP contribution in [0.3, 0.4) is 0 Å². The number of piperazine rings is 1. The van der Waals surface area contributed by atoms with E-state index < -0.39 is 29.0 Å². The number of aliphatic imine (C=N–C) groups is 2. The molecule has 222 valence electrons. The summed E-state index contributed by atoms with van der Waals surface area (Å²) in [5, 5.41) is 3.11. The monoisotopic (exact) mass is 590 g/mol. The molecule has 0 bridgehead atoms. The molecule has 42 heavy (non-hydrogen) atoms. The van der Waals surface area contributed by atoms with Gasteiger partial charge in [0, 0.05) is 63.0 Å². The van der Waals surface area contributed by atoms with Crippen molar-refractivity contribution < 1.29 is 31.1 Å². The first-order valence-corrected chi connectivity index (χ1v) is 13.3. The molecule has 0 radical (unpaired) electrons. The number of hydrogen-bond acceptors (Lipinski definition) is 6. The molecule has 3 heterocycles. The van der Waals surface area contributed by atoms with Crippen LogP contribution in [0.5, 0.6) is 0 Å². The minimum Gasteiger partial charge on any atom is -0.343 e. The topological polar surface area (TPSA) is 73.2 Å². The third-order valence-corrected chi connectivity index (χ3v) is 7.54. The Hall–Kier alpha value is -4.00. The van der Waals surface area contributed by atoms with Gasteiger partial charge in [0.15, 0.2) is 0 Å². The molecule has 0 spiro atoms. The number of allylic oxidation sites excluding steroid dienone is 2. The van der Waals surface area contributed by atoms with Gasteiger partial charge in [-0.2, -0.15) is 26.3 Å². The summed E-state index contributed by atoms with van der Waals surface area (Å²) < 4.78 is 80.6. The molecule has 1 fully saturated rings. The molecule has 1 aromatic heterocycles. The van der Waals surface area contributed by atoms with E-state index in [0.717, 1.165) is 24.6 Å². The number of hydrogen-bond donors (Lipinski definition) is 1. The summed E-state index contributed by atoms with van der Waals surface area (Å²) in [7, 11) is 0. The van der Waals surface area contributed by atoms with Gasteiger partial charge in [-0.25, -0.2) is 4.99 Å². The van der Waals surface area contributed by atoms with E-state index in [2.05, 4.69) is 15.2 Å². The minimum absolute atomic E-state index is 0.105. The number of aromatic nitrogens is 1. The Labute approximate surface area is 238 Å². The van der Waals surface area contributed by atoms with E-state index >= 15 is 0 Å². The molecular weight excluding hydrogens is 562 g/mol. The molecule has 5 rings (SSSR count). The van der Waals surface area contributed by atoms with Crippen molar-refractivity contribution in [2.45, 2.75) is 37.7 Å². The Morgan fingerprint density at radius 1 is 0.976 bits per heavy atom. The van der Waals surface area contributed by atoms with Crippen LogP contribution >= 0.6 is 0 Å². The van der Waals surface area contributed by atoms with Gasteiger partial charge >= 0.3 is 12.4 Å². The molecule has 3 aliphatic rings. The zero-order chi connectivity index (χ0) is 30.1. The number of carbonyl (C=O) groups is 1. The minimum atomic E-state index is -4.60. The lowest BCUT2D eigenvalue weighted by Crippen LogP contribution is -2.46. The fraction of sp³-hybridized carbons (Fsp3) is 0.379. The number of amides is 1. The van der Waals surface area contributed by atoms with Crippen LogP contribution in [0.1, 0.15) is 36.6 Å². The summed E-state index contributed by atoms with van der Waals surface area (Å²) >= 11 is 0. The second-order valence-corrected chi connectivity index (χ2v) is 10.5. The van der Waals surface area contributed by atoms with Crippen molar-refractivity contribution in [3.05, 3.63) is 77.1 Å². The lowest BCUT2D eigenvalue weighted by Gasteiger charge is -2.37. The van der Waals surface area contributed by atoms with Crippen LogP contribution in [0.25, 0.3) is 5.57 Å². The Morgan fingerprint density at radius 2 is 1.69 bits per heavy atom. The fourth-order valence-electron chi connectivity index (χ4n) is 5.31. The SMILES string of the molecule is CC12CC(c3ncccc3C(F)(F)F)=CC=C1C(Nc1ccc(C(F)(F)F)cc1)=NC(CCN1CCN(C=O)CC1)=N2. The smallest absolute Gasteiger partial charge is 0.343 e. The summed E-state index contributed by atoms with van der Waals surface area (Å²) in [4.78, 5) is 28.5. The lowest BCUT2D eigenvalue weighted by atomic mass is 9.78. The number of anilines is 1. The number of fused-ring (bicyclic) bond motifs is 1. The molecule has 7 nitrogen and oxygen atoms in total. The van der Waals surface area contributed by atoms with Crippen molar-refractivity contribution in [2.75, 3.05) is 38.0 Å². The summed E-state index contributed by atoms with van der Waals surface area (Å²) in [5.74, 6) is 0.820. The third-order valence-electron chi connectivity index (χ3n) is 7.54. The van der Waals surface area contributed by atoms with Gasteiger partial charge in [-0.15, -0.1) is 0 Å². The van der Waals surface area contributed by atoms with Crippen molar-refractivity contribution in [3.63, 3.8) is 0 Å². The standard InChI is InChI=1S/C29H28F6N6O/c1-27-17-19(25-22(29(33,34)35)3-2-11-36-25)4-9-23(27)26(37-21-7-5-20(6-8-21)28(30,31)32)38-24(39-27)10-12-40-13-15-41(18-42)16-14-40/h2-9,11,18H,10,12-17H2,1H3,(H,37,38,39). The predicted octanol–water partition coefficient (Wildman–Crippen LogP) is 5.68. The van der Waals surface area contributed by atoms with Gasteiger partial charge in [0.1, 0.15) is 11.7 Å². The molecule has 1 aliphatic carbocycles. The first kappa shape index (κ1) is 29.5. The van der Waals surface area contributed by atoms with Crippen LogP contribution in [0, 0.1) is 0 Å². The zero-order valence-electron chi connectivity index (χ0n) is 22.6. The van der Waals surface area contributed by atoms with Crippen molar-refractivity contribution in [2.24, 2.45) is 9.98 Å². The number of alkyl halides is 6. The van der Waals surface area contributed by atoms with E-state index in [1.807, 2.05) is 0 Å². The maximum absolute atomic E-state index is 13.8. The fourth-order valence-corrected chi connectivity index (χ4v) is 5.31. The predicted molar refractivity (Wildman–Crippen MR) is 147 cm³/mol. The molecule has 1 saturated heterocycles. The highest BCUT2D eigenvalue weighted by atomic mass is 19.4. The first-order chi connectivity index (χ1) is 19.9. The Kier molecular flexibility index (Phi) is 7.97. The normalized spacial score (nSPS) is 21.5. The number of benzene rings is 1. The number of carbonyl (C=O) groups excluding carboxylic acids is 1. The van der Waals surface area contributed by atoms with Gasteiger partial charge in [0.25, 0.3) is 0 Å². The molecule has 0 saturated carbocycles. The second-order valence-electron chi connectivity index (χ2n) is 10.5. The molecule has 1 unspecified atom stereocenters. The van der Waals surface area contributed by atoms with Crippen LogP contribution in [-0.2, 0) is 17.1 Å². The molecule has 13 heteroatoms. The number of nitrogens with zero attached hydrogens (tertiary/aromatic N) is 5. The average Bonchev–Trinajstić information content (AvgIpc) is 2.95. The molecule has 1 amide bonds. The number of halogens is 6. The largest absolute Gasteiger partial charge is 0.418 e. The zero-order valence-corrected chi connectivity index (χ0v) is 22.6. The maximum Gasteiger partial charge on any atom is 0.418 e. The van der Waals surface area contributed by atoms with E-state index in [4.69, 9.17) is 9.98 Å². The number of nitrogens with one attached hydrogen (secondary N) is 1. The van der Waals surface area contributed by atoms with E-state index in [-0.39, 0.29) is 12.1 Å². The highest BCUT2D eigenvalue weighted by Gasteiger charge is 2.41. The van der Waals surface area contributed by atoms with Crippen LogP contribution in [0.2, 0.25) is 0 Å². The Balaban J connectivity index is 1.46. The van der Waals surface area contributed by atoms with E-state index in [9.17, 15) is 31.1 Å². The highest BCUT2D eigenvalue weighted by molar-refractivity contribution is 6.17. The average molecular weight is 591 g/mol. The maximum atomic E-state index is 13.8. The molecule has 1 aromatic carbocycles. The van der Waals surface area contributed by atoms with Crippen molar-refractivity contribution in [1.29, 1.82) is 0 Å². The summed E-state index contributed by atoms with van der Waals surface area (Å²) in [6, 6.07) is 6.76. The van der Waals surface area contributed by atoms with Gasteiger partial charge in [0.2, 0.25) is 6.41 Å². The number of amidine groups is 2. The summed E-state index contributed by atoms with van der Waals surface area (Å²) in [6.45, 7) is 4.96. The quantitative estimate of drug-likeness (QED) is 0.347. The van der Waals surface area contributed by atoms with Crippen molar-refractivity contribution in [3.8, 4) is 0 Å². The number of rotatable bonds is 6. The van der Waals surface area contributed by atoms with Gasteiger partial charge in [-0.05, 0) is 48.9 Å². The van der Waals surface area contributed by atoms with Crippen LogP contribution < -0.4 is 5.32 Å². The molecular formula is C29H28F6N6O. The van der Waals surface area contributed by atoms with Gasteiger partial charge < -0.3 is 10.2 Å². The van der Waals surface area contributed by atoms with E-state index in [0.29, 0.717) is 67.6 Å². The van der Waals surface area contributed by atoms with Gasteiger partial charge in [-0.1, -0.05) is 12.2 Å². The molecule has 1 atom stereocenters. The van der Waals surface area contributed by atoms with Gasteiger partial charge in [0.05, 0.1) is 22.4 Å². The second kappa shape index (κ2) is 11.3. The highest BCUT2D eigenvalue weighted by Crippen LogP contribution is 2.43. The van der Waals surface area contributed by atoms with Crippen LogP contribution in [-0.4, -0.2) is 71.1 Å². The molecule has 1 N–H and O–H groups in total.